The second-order valence-electron chi connectivity index (χ2n) is 4.73. The van der Waals surface area contributed by atoms with Crippen molar-refractivity contribution in [1.29, 1.82) is 0 Å². The van der Waals surface area contributed by atoms with Crippen LogP contribution in [0.15, 0.2) is 24.3 Å². The fourth-order valence-electron chi connectivity index (χ4n) is 1.98. The number of halogens is 1. The lowest BCUT2D eigenvalue weighted by atomic mass is 10.2. The van der Waals surface area contributed by atoms with Gasteiger partial charge in [-0.1, -0.05) is 29.8 Å². The van der Waals surface area contributed by atoms with Gasteiger partial charge in [0.1, 0.15) is 0 Å². The summed E-state index contributed by atoms with van der Waals surface area (Å²) in [6.45, 7) is 2.77. The van der Waals surface area contributed by atoms with Crippen molar-refractivity contribution in [2.75, 3.05) is 26.4 Å². The quantitative estimate of drug-likeness (QED) is 0.799. The van der Waals surface area contributed by atoms with E-state index < -0.39 is 6.10 Å². The molecule has 0 spiro atoms. The average Bonchev–Trinajstić information content (AvgIpc) is 2.92. The highest BCUT2D eigenvalue weighted by Crippen LogP contribution is 2.15. The van der Waals surface area contributed by atoms with Crippen LogP contribution in [0.4, 0.5) is 0 Å². The average molecular weight is 286 g/mol. The van der Waals surface area contributed by atoms with Gasteiger partial charge in [-0.15, -0.1) is 0 Å². The molecule has 19 heavy (non-hydrogen) atoms. The highest BCUT2D eigenvalue weighted by atomic mass is 35.5. The maximum atomic E-state index is 9.80. The summed E-state index contributed by atoms with van der Waals surface area (Å²) >= 11 is 6.02. The Morgan fingerprint density at radius 1 is 1.47 bits per heavy atom. The monoisotopic (exact) mass is 285 g/mol. The summed E-state index contributed by atoms with van der Waals surface area (Å²) in [7, 11) is 0. The van der Waals surface area contributed by atoms with Gasteiger partial charge in [0.15, 0.2) is 0 Å². The number of ether oxygens (including phenoxy) is 2. The van der Waals surface area contributed by atoms with E-state index in [9.17, 15) is 5.11 Å². The van der Waals surface area contributed by atoms with Crippen LogP contribution in [-0.2, 0) is 16.1 Å². The summed E-state index contributed by atoms with van der Waals surface area (Å²) in [5.41, 5.74) is 0.938. The van der Waals surface area contributed by atoms with Crippen LogP contribution in [-0.4, -0.2) is 43.6 Å². The molecule has 1 fully saturated rings. The third-order valence-corrected chi connectivity index (χ3v) is 3.47. The highest BCUT2D eigenvalue weighted by Gasteiger charge is 2.16. The standard InChI is InChI=1S/C14H20ClNO3/c15-14-4-2-1-3-11(14)8-19-10-13(17)7-16-12-5-6-18-9-12/h1-4,12-13,16-17H,5-10H2. The van der Waals surface area contributed by atoms with Gasteiger partial charge in [0.25, 0.3) is 0 Å². The number of hydrogen-bond acceptors (Lipinski definition) is 4. The second-order valence-corrected chi connectivity index (χ2v) is 5.14. The van der Waals surface area contributed by atoms with Crippen LogP contribution in [0.1, 0.15) is 12.0 Å². The number of aliphatic hydroxyl groups excluding tert-OH is 1. The summed E-state index contributed by atoms with van der Waals surface area (Å²) < 4.78 is 10.7. The molecule has 0 radical (unpaired) electrons. The second kappa shape index (κ2) is 7.82. The molecule has 0 bridgehead atoms. The molecule has 106 valence electrons. The zero-order chi connectivity index (χ0) is 13.5. The van der Waals surface area contributed by atoms with Gasteiger partial charge in [-0.25, -0.2) is 0 Å². The Balaban J connectivity index is 1.61. The van der Waals surface area contributed by atoms with Gasteiger partial charge in [0.05, 0.1) is 25.9 Å². The molecule has 2 N–H and O–H groups in total. The number of benzene rings is 1. The highest BCUT2D eigenvalue weighted by molar-refractivity contribution is 6.31. The molecule has 0 saturated carbocycles. The van der Waals surface area contributed by atoms with E-state index in [1.54, 1.807) is 0 Å². The molecule has 0 aliphatic carbocycles. The molecule has 1 aromatic rings. The first-order valence-corrected chi connectivity index (χ1v) is 6.94. The summed E-state index contributed by atoms with van der Waals surface area (Å²) in [6, 6.07) is 7.91. The Kier molecular flexibility index (Phi) is 6.07. The molecule has 4 nitrogen and oxygen atoms in total. The van der Waals surface area contributed by atoms with Gasteiger partial charge in [-0.05, 0) is 18.1 Å². The minimum atomic E-state index is -0.511. The fourth-order valence-corrected chi connectivity index (χ4v) is 2.17. The van der Waals surface area contributed by atoms with Crippen molar-refractivity contribution in [3.63, 3.8) is 0 Å². The van der Waals surface area contributed by atoms with E-state index in [-0.39, 0.29) is 0 Å². The first-order valence-electron chi connectivity index (χ1n) is 6.56. The molecule has 1 heterocycles. The summed E-state index contributed by atoms with van der Waals surface area (Å²) in [5, 5.41) is 13.7. The first kappa shape index (κ1) is 14.8. The molecular formula is C14H20ClNO3. The SMILES string of the molecule is OC(CNC1CCOC1)COCc1ccccc1Cl. The smallest absolute Gasteiger partial charge is 0.0897 e. The molecule has 2 unspecified atom stereocenters. The maximum absolute atomic E-state index is 9.80. The zero-order valence-corrected chi connectivity index (χ0v) is 11.6. The van der Waals surface area contributed by atoms with E-state index in [1.165, 1.54) is 0 Å². The zero-order valence-electron chi connectivity index (χ0n) is 10.8. The van der Waals surface area contributed by atoms with Crippen LogP contribution in [0.5, 0.6) is 0 Å². The topological polar surface area (TPSA) is 50.7 Å². The lowest BCUT2D eigenvalue weighted by Crippen LogP contribution is -2.37. The number of nitrogens with one attached hydrogen (secondary N) is 1. The van der Waals surface area contributed by atoms with Crippen LogP contribution in [0.2, 0.25) is 5.02 Å². The van der Waals surface area contributed by atoms with E-state index in [4.69, 9.17) is 21.1 Å². The van der Waals surface area contributed by atoms with Crippen molar-refractivity contribution in [2.45, 2.75) is 25.2 Å². The van der Waals surface area contributed by atoms with Gasteiger partial charge in [0, 0.05) is 24.2 Å². The van der Waals surface area contributed by atoms with E-state index in [0.29, 0.717) is 30.8 Å². The first-order chi connectivity index (χ1) is 9.25. The Bertz CT molecular complexity index is 383. The molecule has 0 amide bonds. The summed E-state index contributed by atoms with van der Waals surface area (Å²) in [4.78, 5) is 0. The van der Waals surface area contributed by atoms with E-state index in [1.807, 2.05) is 24.3 Å². The third-order valence-electron chi connectivity index (χ3n) is 3.10. The Labute approximate surface area is 118 Å². The van der Waals surface area contributed by atoms with Crippen molar-refractivity contribution >= 4 is 11.6 Å². The lowest BCUT2D eigenvalue weighted by molar-refractivity contribution is 0.0274. The predicted molar refractivity (Wildman–Crippen MR) is 74.3 cm³/mol. The molecule has 1 aliphatic heterocycles. The van der Waals surface area contributed by atoms with Crippen molar-refractivity contribution in [1.82, 2.24) is 5.32 Å². The molecule has 1 aliphatic rings. The Morgan fingerprint density at radius 2 is 2.32 bits per heavy atom. The van der Waals surface area contributed by atoms with E-state index in [0.717, 1.165) is 25.2 Å². The van der Waals surface area contributed by atoms with Crippen LogP contribution in [0, 0.1) is 0 Å². The van der Waals surface area contributed by atoms with Crippen molar-refractivity contribution in [3.8, 4) is 0 Å². The van der Waals surface area contributed by atoms with Crippen LogP contribution in [0.3, 0.4) is 0 Å². The van der Waals surface area contributed by atoms with Gasteiger partial charge in [0.2, 0.25) is 0 Å². The maximum Gasteiger partial charge on any atom is 0.0897 e. The largest absolute Gasteiger partial charge is 0.389 e. The third kappa shape index (κ3) is 5.09. The van der Waals surface area contributed by atoms with Gasteiger partial charge in [-0.2, -0.15) is 0 Å². The fraction of sp³-hybridized carbons (Fsp3) is 0.571. The lowest BCUT2D eigenvalue weighted by Gasteiger charge is -2.15. The molecule has 1 saturated heterocycles. The van der Waals surface area contributed by atoms with Crippen molar-refractivity contribution in [2.24, 2.45) is 0 Å². The predicted octanol–water partition coefficient (Wildman–Crippen LogP) is 1.60. The molecule has 2 rings (SSSR count). The molecule has 5 heteroatoms. The van der Waals surface area contributed by atoms with Crippen molar-refractivity contribution < 1.29 is 14.6 Å². The molecule has 1 aromatic carbocycles. The molecule has 2 atom stereocenters. The number of rotatable bonds is 7. The molecule has 0 aromatic heterocycles. The minimum Gasteiger partial charge on any atom is -0.389 e. The Hall–Kier alpha value is -0.650. The van der Waals surface area contributed by atoms with Crippen LogP contribution in [0.25, 0.3) is 0 Å². The van der Waals surface area contributed by atoms with Gasteiger partial charge >= 0.3 is 0 Å². The summed E-state index contributed by atoms with van der Waals surface area (Å²) in [6.07, 6.45) is 0.496. The van der Waals surface area contributed by atoms with E-state index >= 15 is 0 Å². The normalized spacial score (nSPS) is 20.6. The molecular weight excluding hydrogens is 266 g/mol. The van der Waals surface area contributed by atoms with Crippen LogP contribution < -0.4 is 5.32 Å². The van der Waals surface area contributed by atoms with E-state index in [2.05, 4.69) is 5.32 Å². The van der Waals surface area contributed by atoms with Crippen LogP contribution >= 0.6 is 11.6 Å². The van der Waals surface area contributed by atoms with Crippen molar-refractivity contribution in [3.05, 3.63) is 34.9 Å². The number of hydrogen-bond donors (Lipinski definition) is 2. The number of aliphatic hydroxyl groups is 1. The summed E-state index contributed by atoms with van der Waals surface area (Å²) in [5.74, 6) is 0. The Morgan fingerprint density at radius 3 is 3.05 bits per heavy atom. The minimum absolute atomic E-state index is 0.297. The van der Waals surface area contributed by atoms with Gasteiger partial charge < -0.3 is 19.9 Å². The van der Waals surface area contributed by atoms with Gasteiger partial charge in [-0.3, -0.25) is 0 Å².